The third-order valence-corrected chi connectivity index (χ3v) is 4.21. The zero-order chi connectivity index (χ0) is 13.5. The van der Waals surface area contributed by atoms with Crippen LogP contribution in [0.3, 0.4) is 0 Å². The molecular weight excluding hydrogens is 268 g/mol. The first-order chi connectivity index (χ1) is 9.14. The van der Waals surface area contributed by atoms with Gasteiger partial charge in [-0.15, -0.1) is 0 Å². The van der Waals surface area contributed by atoms with Crippen molar-refractivity contribution in [1.82, 2.24) is 0 Å². The summed E-state index contributed by atoms with van der Waals surface area (Å²) in [6.07, 6.45) is 2.70. The van der Waals surface area contributed by atoms with Gasteiger partial charge in [0.05, 0.1) is 16.1 Å². The minimum atomic E-state index is -0.431. The van der Waals surface area contributed by atoms with Crippen molar-refractivity contribution in [3.05, 3.63) is 17.2 Å². The molecule has 6 heteroatoms. The van der Waals surface area contributed by atoms with E-state index >= 15 is 0 Å². The van der Waals surface area contributed by atoms with Crippen LogP contribution in [0.4, 0.5) is 5.69 Å². The SMILES string of the molecule is NCC1(C(=O)Nc2cc3c(cc2Cl)OCO3)CCC1. The monoisotopic (exact) mass is 282 g/mol. The Morgan fingerprint density at radius 2 is 2.05 bits per heavy atom. The van der Waals surface area contributed by atoms with E-state index < -0.39 is 5.41 Å². The summed E-state index contributed by atoms with van der Waals surface area (Å²) in [6.45, 7) is 0.538. The number of anilines is 1. The van der Waals surface area contributed by atoms with Crippen molar-refractivity contribution >= 4 is 23.2 Å². The van der Waals surface area contributed by atoms with Crippen LogP contribution in [0.15, 0.2) is 12.1 Å². The molecule has 1 heterocycles. The highest BCUT2D eigenvalue weighted by Gasteiger charge is 2.43. The molecule has 0 unspecified atom stereocenters. The molecule has 0 radical (unpaired) electrons. The fraction of sp³-hybridized carbons (Fsp3) is 0.462. The molecule has 5 nitrogen and oxygen atoms in total. The van der Waals surface area contributed by atoms with E-state index in [2.05, 4.69) is 5.32 Å². The van der Waals surface area contributed by atoms with Crippen LogP contribution in [0, 0.1) is 5.41 Å². The number of hydrogen-bond acceptors (Lipinski definition) is 4. The summed E-state index contributed by atoms with van der Waals surface area (Å²) < 4.78 is 10.5. The summed E-state index contributed by atoms with van der Waals surface area (Å²) in [5.74, 6) is 1.12. The molecule has 19 heavy (non-hydrogen) atoms. The number of fused-ring (bicyclic) bond motifs is 1. The molecule has 1 aromatic carbocycles. The Morgan fingerprint density at radius 3 is 2.63 bits per heavy atom. The fourth-order valence-corrected chi connectivity index (χ4v) is 2.60. The van der Waals surface area contributed by atoms with Crippen molar-refractivity contribution in [1.29, 1.82) is 0 Å². The molecule has 1 aliphatic carbocycles. The molecule has 2 aliphatic rings. The molecule has 1 fully saturated rings. The number of nitrogens with two attached hydrogens (primary N) is 1. The van der Waals surface area contributed by atoms with Crippen molar-refractivity contribution in [2.45, 2.75) is 19.3 Å². The summed E-state index contributed by atoms with van der Waals surface area (Å²) in [6, 6.07) is 3.33. The molecule has 1 aliphatic heterocycles. The van der Waals surface area contributed by atoms with E-state index in [9.17, 15) is 4.79 Å². The zero-order valence-electron chi connectivity index (χ0n) is 10.4. The Balaban J connectivity index is 1.82. The summed E-state index contributed by atoms with van der Waals surface area (Å²) >= 11 is 6.12. The van der Waals surface area contributed by atoms with E-state index in [4.69, 9.17) is 26.8 Å². The van der Waals surface area contributed by atoms with Gasteiger partial charge in [-0.25, -0.2) is 0 Å². The fourth-order valence-electron chi connectivity index (χ4n) is 2.40. The highest BCUT2D eigenvalue weighted by atomic mass is 35.5. The van der Waals surface area contributed by atoms with Crippen LogP contribution < -0.4 is 20.5 Å². The molecule has 0 aromatic heterocycles. The van der Waals surface area contributed by atoms with Crippen LogP contribution >= 0.6 is 11.6 Å². The van der Waals surface area contributed by atoms with E-state index in [1.807, 2.05) is 0 Å². The van der Waals surface area contributed by atoms with Crippen LogP contribution in [-0.4, -0.2) is 19.2 Å². The second kappa shape index (κ2) is 4.58. The first kappa shape index (κ1) is 12.6. The molecule has 1 aromatic rings. The Kier molecular flexibility index (Phi) is 3.03. The first-order valence-electron chi connectivity index (χ1n) is 6.25. The van der Waals surface area contributed by atoms with Gasteiger partial charge in [0, 0.05) is 18.7 Å². The number of benzene rings is 1. The summed E-state index contributed by atoms with van der Waals surface area (Å²) in [7, 11) is 0. The normalized spacial score (nSPS) is 18.8. The predicted molar refractivity (Wildman–Crippen MR) is 71.5 cm³/mol. The number of ether oxygens (including phenoxy) is 2. The third-order valence-electron chi connectivity index (χ3n) is 3.89. The smallest absolute Gasteiger partial charge is 0.231 e. The Bertz CT molecular complexity index is 523. The minimum absolute atomic E-state index is 0.0676. The molecule has 0 spiro atoms. The standard InChI is InChI=1S/C13H15ClN2O3/c14-8-4-10-11(19-7-18-10)5-9(8)16-12(17)13(6-15)2-1-3-13/h4-5H,1-3,6-7,15H2,(H,16,17). The van der Waals surface area contributed by atoms with E-state index in [-0.39, 0.29) is 12.7 Å². The zero-order valence-corrected chi connectivity index (χ0v) is 11.1. The van der Waals surface area contributed by atoms with Crippen LogP contribution in [0.1, 0.15) is 19.3 Å². The number of nitrogens with one attached hydrogen (secondary N) is 1. The molecule has 1 saturated carbocycles. The van der Waals surface area contributed by atoms with Gasteiger partial charge >= 0.3 is 0 Å². The van der Waals surface area contributed by atoms with E-state index in [0.29, 0.717) is 28.8 Å². The second-order valence-electron chi connectivity index (χ2n) is 4.98. The van der Waals surface area contributed by atoms with E-state index in [1.54, 1.807) is 12.1 Å². The lowest BCUT2D eigenvalue weighted by Gasteiger charge is -2.39. The average Bonchev–Trinajstić information content (AvgIpc) is 2.75. The molecular formula is C13H15ClN2O3. The maximum Gasteiger partial charge on any atom is 0.231 e. The lowest BCUT2D eigenvalue weighted by Crippen LogP contribution is -2.47. The van der Waals surface area contributed by atoms with Crippen molar-refractivity contribution < 1.29 is 14.3 Å². The van der Waals surface area contributed by atoms with Gasteiger partial charge in [0.25, 0.3) is 0 Å². The van der Waals surface area contributed by atoms with Gasteiger partial charge in [-0.1, -0.05) is 18.0 Å². The second-order valence-corrected chi connectivity index (χ2v) is 5.38. The Labute approximate surface area is 116 Å². The van der Waals surface area contributed by atoms with Gasteiger partial charge in [-0.05, 0) is 12.8 Å². The highest BCUT2D eigenvalue weighted by molar-refractivity contribution is 6.34. The topological polar surface area (TPSA) is 73.6 Å². The third kappa shape index (κ3) is 2.03. The highest BCUT2D eigenvalue weighted by Crippen LogP contribution is 2.43. The Morgan fingerprint density at radius 1 is 1.37 bits per heavy atom. The van der Waals surface area contributed by atoms with Crippen LogP contribution in [0.5, 0.6) is 11.5 Å². The number of carbonyl (C=O) groups is 1. The molecule has 1 amide bonds. The lowest BCUT2D eigenvalue weighted by atomic mass is 9.68. The summed E-state index contributed by atoms with van der Waals surface area (Å²) in [5, 5.41) is 3.28. The van der Waals surface area contributed by atoms with Gasteiger partial charge in [0.15, 0.2) is 11.5 Å². The lowest BCUT2D eigenvalue weighted by molar-refractivity contribution is -0.129. The number of halogens is 1. The van der Waals surface area contributed by atoms with Gasteiger partial charge in [0.2, 0.25) is 12.7 Å². The van der Waals surface area contributed by atoms with Crippen LogP contribution in [0.25, 0.3) is 0 Å². The maximum absolute atomic E-state index is 12.3. The minimum Gasteiger partial charge on any atom is -0.454 e. The molecule has 3 rings (SSSR count). The number of carbonyl (C=O) groups excluding carboxylic acids is 1. The number of amides is 1. The van der Waals surface area contributed by atoms with Crippen molar-refractivity contribution in [2.75, 3.05) is 18.7 Å². The number of rotatable bonds is 3. The number of hydrogen-bond donors (Lipinski definition) is 2. The molecule has 0 atom stereocenters. The van der Waals surface area contributed by atoms with Crippen molar-refractivity contribution in [2.24, 2.45) is 11.1 Å². The van der Waals surface area contributed by atoms with Crippen LogP contribution in [0.2, 0.25) is 5.02 Å². The van der Waals surface area contributed by atoms with Gasteiger partial charge in [0.1, 0.15) is 0 Å². The van der Waals surface area contributed by atoms with Crippen LogP contribution in [-0.2, 0) is 4.79 Å². The average molecular weight is 283 g/mol. The van der Waals surface area contributed by atoms with E-state index in [1.165, 1.54) is 0 Å². The summed E-state index contributed by atoms with van der Waals surface area (Å²) in [5.41, 5.74) is 5.82. The van der Waals surface area contributed by atoms with E-state index in [0.717, 1.165) is 19.3 Å². The van der Waals surface area contributed by atoms with Crippen molar-refractivity contribution in [3.8, 4) is 11.5 Å². The summed E-state index contributed by atoms with van der Waals surface area (Å²) in [4.78, 5) is 12.3. The first-order valence-corrected chi connectivity index (χ1v) is 6.63. The molecule has 3 N–H and O–H groups in total. The van der Waals surface area contributed by atoms with Gasteiger partial charge in [-0.2, -0.15) is 0 Å². The maximum atomic E-state index is 12.3. The molecule has 0 bridgehead atoms. The van der Waals surface area contributed by atoms with Gasteiger partial charge in [-0.3, -0.25) is 4.79 Å². The quantitative estimate of drug-likeness (QED) is 0.891. The largest absolute Gasteiger partial charge is 0.454 e. The van der Waals surface area contributed by atoms with Crippen molar-refractivity contribution in [3.63, 3.8) is 0 Å². The Hall–Kier alpha value is -1.46. The molecule has 0 saturated heterocycles. The predicted octanol–water partition coefficient (Wildman–Crippen LogP) is 2.14. The molecule has 102 valence electrons. The van der Waals surface area contributed by atoms with Gasteiger partial charge < -0.3 is 20.5 Å².